The van der Waals surface area contributed by atoms with Crippen LogP contribution in [0.4, 0.5) is 0 Å². The van der Waals surface area contributed by atoms with E-state index in [0.717, 1.165) is 6.42 Å². The molecule has 2 aromatic heterocycles. The number of aromatic amines is 2. The van der Waals surface area contributed by atoms with Crippen LogP contribution in [0.2, 0.25) is 0 Å². The van der Waals surface area contributed by atoms with Gasteiger partial charge in [-0.05, 0) is 19.3 Å². The van der Waals surface area contributed by atoms with Gasteiger partial charge in [0.15, 0.2) is 0 Å². The molecule has 0 bridgehead atoms. The number of nitrogens with one attached hydrogen (secondary N) is 2. The largest absolute Gasteiger partial charge is 0.414 e. The molecular weight excluding hydrogens is 306 g/mol. The van der Waals surface area contributed by atoms with E-state index in [4.69, 9.17) is 10.2 Å². The van der Waals surface area contributed by atoms with Crippen LogP contribution in [-0.2, 0) is 5.75 Å². The van der Waals surface area contributed by atoms with Crippen LogP contribution in [-0.4, -0.2) is 20.2 Å². The lowest BCUT2D eigenvalue weighted by Crippen LogP contribution is -2.26. The lowest BCUT2D eigenvalue weighted by atomic mass is 10.1. The van der Waals surface area contributed by atoms with Crippen molar-refractivity contribution < 1.29 is 4.42 Å². The molecule has 0 saturated carbocycles. The molecule has 0 aromatic carbocycles. The molecule has 1 atom stereocenters. The van der Waals surface area contributed by atoms with Gasteiger partial charge in [0.1, 0.15) is 0 Å². The van der Waals surface area contributed by atoms with Crippen molar-refractivity contribution in [2.45, 2.75) is 44.2 Å². The molecule has 8 nitrogen and oxygen atoms in total. The molecule has 4 N–H and O–H groups in total. The molecule has 0 aliphatic heterocycles. The molecule has 0 spiro atoms. The van der Waals surface area contributed by atoms with Crippen LogP contribution in [0.15, 0.2) is 19.2 Å². The maximum atomic E-state index is 11.7. The van der Waals surface area contributed by atoms with Crippen molar-refractivity contribution in [3.63, 3.8) is 0 Å². The van der Waals surface area contributed by atoms with Crippen LogP contribution in [0.3, 0.4) is 0 Å². The minimum atomic E-state index is -0.518. The highest BCUT2D eigenvalue weighted by molar-refractivity contribution is 7.98. The minimum absolute atomic E-state index is 0.292. The van der Waals surface area contributed by atoms with Crippen molar-refractivity contribution in [3.05, 3.63) is 38.0 Å². The van der Waals surface area contributed by atoms with Crippen molar-refractivity contribution in [2.75, 3.05) is 0 Å². The third-order valence-corrected chi connectivity index (χ3v) is 3.90. The van der Waals surface area contributed by atoms with E-state index in [2.05, 4.69) is 34.0 Å². The Morgan fingerprint density at radius 1 is 1.27 bits per heavy atom. The number of hydrogen-bond donors (Lipinski definition) is 3. The average molecular weight is 325 g/mol. The Morgan fingerprint density at radius 3 is 2.64 bits per heavy atom. The van der Waals surface area contributed by atoms with E-state index in [1.54, 1.807) is 6.92 Å². The monoisotopic (exact) mass is 325 g/mol. The molecule has 0 aliphatic carbocycles. The van der Waals surface area contributed by atoms with Gasteiger partial charge in [0, 0.05) is 17.0 Å². The maximum Gasteiger partial charge on any atom is 0.325 e. The first kappa shape index (κ1) is 16.5. The normalized spacial score (nSPS) is 12.8. The Hall–Kier alpha value is -1.87. The minimum Gasteiger partial charge on any atom is -0.414 e. The summed E-state index contributed by atoms with van der Waals surface area (Å²) in [4.78, 5) is 27.6. The van der Waals surface area contributed by atoms with Gasteiger partial charge < -0.3 is 15.1 Å². The van der Waals surface area contributed by atoms with Gasteiger partial charge in [-0.1, -0.05) is 25.6 Å². The number of thioether (sulfide) groups is 1. The number of hydrogen-bond acceptors (Lipinski definition) is 7. The first-order valence-corrected chi connectivity index (χ1v) is 7.89. The van der Waals surface area contributed by atoms with E-state index < -0.39 is 11.2 Å². The first-order valence-electron chi connectivity index (χ1n) is 6.90. The van der Waals surface area contributed by atoms with E-state index in [0.29, 0.717) is 34.0 Å². The topological polar surface area (TPSA) is 131 Å². The lowest BCUT2D eigenvalue weighted by Gasteiger charge is -2.08. The van der Waals surface area contributed by atoms with Gasteiger partial charge >= 0.3 is 5.69 Å². The molecule has 0 amide bonds. The summed E-state index contributed by atoms with van der Waals surface area (Å²) in [6.45, 7) is 5.80. The van der Waals surface area contributed by atoms with Gasteiger partial charge in [0.2, 0.25) is 5.89 Å². The summed E-state index contributed by atoms with van der Waals surface area (Å²) in [5.74, 6) is 1.14. The summed E-state index contributed by atoms with van der Waals surface area (Å²) in [5, 5.41) is 8.20. The quantitative estimate of drug-likeness (QED) is 0.677. The maximum absolute atomic E-state index is 11.7. The van der Waals surface area contributed by atoms with Crippen molar-refractivity contribution in [1.82, 2.24) is 20.2 Å². The summed E-state index contributed by atoms with van der Waals surface area (Å²) in [6.07, 6.45) is 0.755. The number of aryl methyl sites for hydroxylation is 1. The van der Waals surface area contributed by atoms with E-state index in [1.165, 1.54) is 11.8 Å². The highest BCUT2D eigenvalue weighted by Crippen LogP contribution is 2.24. The van der Waals surface area contributed by atoms with Crippen molar-refractivity contribution >= 4 is 11.8 Å². The Bertz CT molecular complexity index is 749. The third kappa shape index (κ3) is 4.08. The second-order valence-electron chi connectivity index (χ2n) is 5.44. The van der Waals surface area contributed by atoms with E-state index in [1.807, 2.05) is 0 Å². The smallest absolute Gasteiger partial charge is 0.325 e. The summed E-state index contributed by atoms with van der Waals surface area (Å²) in [7, 11) is 0. The van der Waals surface area contributed by atoms with Crippen LogP contribution >= 0.6 is 11.8 Å². The zero-order chi connectivity index (χ0) is 16.3. The molecule has 2 heterocycles. The predicted molar refractivity (Wildman–Crippen MR) is 82.7 cm³/mol. The predicted octanol–water partition coefficient (Wildman–Crippen LogP) is 1.09. The van der Waals surface area contributed by atoms with Gasteiger partial charge in [0.05, 0.1) is 6.04 Å². The molecule has 9 heteroatoms. The van der Waals surface area contributed by atoms with Gasteiger partial charge in [-0.25, -0.2) is 4.79 Å². The van der Waals surface area contributed by atoms with Crippen molar-refractivity contribution in [3.8, 4) is 0 Å². The van der Waals surface area contributed by atoms with Crippen LogP contribution in [0.5, 0.6) is 0 Å². The summed E-state index contributed by atoms with van der Waals surface area (Å²) in [6, 6.07) is -0.292. The lowest BCUT2D eigenvalue weighted by molar-refractivity contribution is 0.361. The molecule has 0 saturated heterocycles. The first-order chi connectivity index (χ1) is 10.4. The van der Waals surface area contributed by atoms with Crippen molar-refractivity contribution in [1.29, 1.82) is 0 Å². The zero-order valence-corrected chi connectivity index (χ0v) is 13.5. The van der Waals surface area contributed by atoms with Crippen LogP contribution in [0.1, 0.15) is 43.5 Å². The van der Waals surface area contributed by atoms with Crippen LogP contribution in [0, 0.1) is 12.8 Å². The fourth-order valence-electron chi connectivity index (χ4n) is 1.97. The molecule has 0 unspecified atom stereocenters. The summed E-state index contributed by atoms with van der Waals surface area (Å²) < 4.78 is 5.50. The van der Waals surface area contributed by atoms with E-state index in [9.17, 15) is 9.59 Å². The average Bonchev–Trinajstić information content (AvgIpc) is 2.85. The second-order valence-corrected chi connectivity index (χ2v) is 6.37. The molecule has 0 fully saturated rings. The molecule has 2 rings (SSSR count). The molecule has 2 aromatic rings. The Balaban J connectivity index is 2.06. The summed E-state index contributed by atoms with van der Waals surface area (Å²) >= 11 is 1.23. The SMILES string of the molecule is Cc1[nH]c(=O)[nH]c(=O)c1CSc1nnc([C@@H](N)CC(C)C)o1. The second kappa shape index (κ2) is 6.93. The number of nitrogens with two attached hydrogens (primary N) is 1. The van der Waals surface area contributed by atoms with Gasteiger partial charge in [-0.3, -0.25) is 9.78 Å². The van der Waals surface area contributed by atoms with Crippen molar-refractivity contribution in [2.24, 2.45) is 11.7 Å². The Labute approximate surface area is 130 Å². The van der Waals surface area contributed by atoms with Gasteiger partial charge in [-0.15, -0.1) is 10.2 Å². The summed E-state index contributed by atoms with van der Waals surface area (Å²) in [5.41, 5.74) is 6.05. The molecule has 22 heavy (non-hydrogen) atoms. The van der Waals surface area contributed by atoms with Gasteiger partial charge in [-0.2, -0.15) is 0 Å². The fraction of sp³-hybridized carbons (Fsp3) is 0.538. The van der Waals surface area contributed by atoms with E-state index >= 15 is 0 Å². The third-order valence-electron chi connectivity index (χ3n) is 3.06. The van der Waals surface area contributed by atoms with E-state index in [-0.39, 0.29) is 6.04 Å². The fourth-order valence-corrected chi connectivity index (χ4v) is 2.83. The Morgan fingerprint density at radius 2 is 2.00 bits per heavy atom. The van der Waals surface area contributed by atoms with Crippen LogP contribution < -0.4 is 17.0 Å². The highest BCUT2D eigenvalue weighted by atomic mass is 32.2. The zero-order valence-electron chi connectivity index (χ0n) is 12.7. The highest BCUT2D eigenvalue weighted by Gasteiger charge is 2.16. The van der Waals surface area contributed by atoms with Gasteiger partial charge in [0.25, 0.3) is 10.8 Å². The molecule has 120 valence electrons. The molecule has 0 aliphatic rings. The van der Waals surface area contributed by atoms with Crippen LogP contribution in [0.25, 0.3) is 0 Å². The molecular formula is C13H19N5O3S. The molecule has 0 radical (unpaired) electrons. The number of aromatic nitrogens is 4. The number of rotatable bonds is 6. The number of nitrogens with zero attached hydrogens (tertiary/aromatic N) is 2. The Kier molecular flexibility index (Phi) is 5.19. The number of H-pyrrole nitrogens is 2. The standard InChI is InChI=1S/C13H19N5O3S/c1-6(2)4-9(14)11-17-18-13(21-11)22-5-8-7(3)15-12(20)16-10(8)19/h6,9H,4-5,14H2,1-3H3,(H2,15,16,19,20)/t9-/m0/s1.